The first kappa shape index (κ1) is 25.9. The minimum Gasteiger partial charge on any atom is -0.376 e. The van der Waals surface area contributed by atoms with Crippen LogP contribution in [0.5, 0.6) is 0 Å². The van der Waals surface area contributed by atoms with Gasteiger partial charge in [-0.3, -0.25) is 9.69 Å². The molecule has 3 aromatic rings. The molecule has 2 aliphatic rings. The highest BCUT2D eigenvalue weighted by Crippen LogP contribution is 2.34. The number of nitrogens with zero attached hydrogens (tertiary/aromatic N) is 2. The summed E-state index contributed by atoms with van der Waals surface area (Å²) in [6, 6.07) is 29.0. The summed E-state index contributed by atoms with van der Waals surface area (Å²) in [6.07, 6.45) is 5.31. The van der Waals surface area contributed by atoms with Crippen LogP contribution < -0.4 is 0 Å². The number of imide groups is 1. The lowest BCUT2D eigenvalue weighted by Gasteiger charge is -2.31. The van der Waals surface area contributed by atoms with E-state index in [1.807, 2.05) is 71.6 Å². The number of ether oxygens (including phenoxy) is 2. The first-order valence-corrected chi connectivity index (χ1v) is 13.3. The molecule has 0 N–H and O–H groups in total. The molecule has 6 heteroatoms. The van der Waals surface area contributed by atoms with Gasteiger partial charge in [0.1, 0.15) is 0 Å². The van der Waals surface area contributed by atoms with Gasteiger partial charge in [0.05, 0.1) is 25.9 Å². The lowest BCUT2D eigenvalue weighted by molar-refractivity contribution is -0.0191. The van der Waals surface area contributed by atoms with Gasteiger partial charge in [-0.05, 0) is 36.1 Å². The Kier molecular flexibility index (Phi) is 8.64. The summed E-state index contributed by atoms with van der Waals surface area (Å²) in [6.45, 7) is 2.35. The maximum Gasteiger partial charge on any atom is 0.327 e. The first-order valence-electron chi connectivity index (χ1n) is 13.3. The molecule has 3 amide bonds. The van der Waals surface area contributed by atoms with E-state index in [2.05, 4.69) is 24.3 Å². The highest BCUT2D eigenvalue weighted by molar-refractivity contribution is 6.04. The lowest BCUT2D eigenvalue weighted by Crippen LogP contribution is -2.49. The topological polar surface area (TPSA) is 59.1 Å². The van der Waals surface area contributed by atoms with Crippen LogP contribution in [0.3, 0.4) is 0 Å². The highest BCUT2D eigenvalue weighted by Gasteiger charge is 2.41. The second-order valence-corrected chi connectivity index (χ2v) is 9.91. The second kappa shape index (κ2) is 12.7. The number of carbonyl (C=O) groups is 2. The molecular formula is C32H34N2O4. The molecule has 0 aromatic heterocycles. The summed E-state index contributed by atoms with van der Waals surface area (Å²) in [5, 5.41) is 0. The summed E-state index contributed by atoms with van der Waals surface area (Å²) < 4.78 is 12.5. The Hall–Kier alpha value is -3.74. The van der Waals surface area contributed by atoms with Gasteiger partial charge in [0, 0.05) is 30.6 Å². The molecule has 0 unspecified atom stereocenters. The third-order valence-corrected chi connectivity index (χ3v) is 7.30. The Bertz CT molecular complexity index is 1220. The molecule has 3 atom stereocenters. The molecular weight excluding hydrogens is 476 g/mol. The largest absolute Gasteiger partial charge is 0.376 e. The number of hydrogen-bond donors (Lipinski definition) is 0. The maximum absolute atomic E-state index is 13.7. The van der Waals surface area contributed by atoms with Crippen LogP contribution in [-0.2, 0) is 22.7 Å². The summed E-state index contributed by atoms with van der Waals surface area (Å²) in [4.78, 5) is 30.0. The Labute approximate surface area is 224 Å². The minimum absolute atomic E-state index is 0.0394. The van der Waals surface area contributed by atoms with E-state index < -0.39 is 0 Å². The third kappa shape index (κ3) is 6.39. The van der Waals surface area contributed by atoms with Crippen LogP contribution in [0.15, 0.2) is 103 Å². The van der Waals surface area contributed by atoms with Gasteiger partial charge < -0.3 is 14.4 Å². The molecule has 3 aromatic carbocycles. The quantitative estimate of drug-likeness (QED) is 0.347. The van der Waals surface area contributed by atoms with Gasteiger partial charge >= 0.3 is 6.03 Å². The second-order valence-electron chi connectivity index (χ2n) is 9.91. The maximum atomic E-state index is 13.7. The Balaban J connectivity index is 1.28. The van der Waals surface area contributed by atoms with E-state index >= 15 is 0 Å². The number of urea groups is 1. The van der Waals surface area contributed by atoms with E-state index in [0.717, 1.165) is 17.5 Å². The zero-order valence-corrected chi connectivity index (χ0v) is 21.5. The average molecular weight is 511 g/mol. The van der Waals surface area contributed by atoms with E-state index in [9.17, 15) is 9.59 Å². The van der Waals surface area contributed by atoms with Crippen LogP contribution in [-0.4, -0.2) is 53.6 Å². The molecule has 1 aliphatic carbocycles. The average Bonchev–Trinajstić information content (AvgIpc) is 3.26. The fraction of sp³-hybridized carbons (Fsp3) is 0.312. The normalized spacial score (nSPS) is 21.5. The van der Waals surface area contributed by atoms with Gasteiger partial charge in [-0.2, -0.15) is 0 Å². The summed E-state index contributed by atoms with van der Waals surface area (Å²) >= 11 is 0. The zero-order chi connectivity index (χ0) is 26.2. The van der Waals surface area contributed by atoms with Gasteiger partial charge in [0.25, 0.3) is 5.91 Å². The van der Waals surface area contributed by atoms with Crippen LogP contribution >= 0.6 is 0 Å². The van der Waals surface area contributed by atoms with Crippen LogP contribution in [0.2, 0.25) is 0 Å². The monoisotopic (exact) mass is 510 g/mol. The van der Waals surface area contributed by atoms with Crippen molar-refractivity contribution in [1.29, 1.82) is 0 Å². The number of hydrogen-bond acceptors (Lipinski definition) is 4. The van der Waals surface area contributed by atoms with Crippen molar-refractivity contribution in [2.45, 2.75) is 38.2 Å². The molecule has 0 spiro atoms. The number of rotatable bonds is 9. The standard InChI is InChI=1S/C32H34N2O4/c35-31(27-16-8-3-9-17-27)34-19-11-10-18-33(32(34)36)29-20-28(24-37-22-25-12-4-1-5-13-25)30(21-29)38-23-26-14-6-2-7-15-26/h1-17,28-30H,18-24H2/t28-,29-,30+/m1/s1. The molecule has 196 valence electrons. The summed E-state index contributed by atoms with van der Waals surface area (Å²) in [5.41, 5.74) is 2.76. The molecule has 1 saturated carbocycles. The molecule has 1 aliphatic heterocycles. The van der Waals surface area contributed by atoms with Crippen LogP contribution in [0, 0.1) is 5.92 Å². The smallest absolute Gasteiger partial charge is 0.327 e. The van der Waals surface area contributed by atoms with Crippen molar-refractivity contribution >= 4 is 11.9 Å². The number of amides is 3. The molecule has 0 bridgehead atoms. The Morgan fingerprint density at radius 1 is 0.763 bits per heavy atom. The summed E-state index contributed by atoms with van der Waals surface area (Å²) in [5.74, 6) is -0.129. The summed E-state index contributed by atoms with van der Waals surface area (Å²) in [7, 11) is 0. The molecule has 1 heterocycles. The fourth-order valence-corrected chi connectivity index (χ4v) is 5.26. The van der Waals surface area contributed by atoms with Crippen molar-refractivity contribution < 1.29 is 19.1 Å². The fourth-order valence-electron chi connectivity index (χ4n) is 5.26. The molecule has 6 nitrogen and oxygen atoms in total. The van der Waals surface area contributed by atoms with Gasteiger partial charge in [0.2, 0.25) is 0 Å². The molecule has 1 fully saturated rings. The predicted molar refractivity (Wildman–Crippen MR) is 146 cm³/mol. The van der Waals surface area contributed by atoms with Gasteiger partial charge in [-0.25, -0.2) is 4.79 Å². The van der Waals surface area contributed by atoms with Gasteiger partial charge in [-0.15, -0.1) is 0 Å². The Morgan fingerprint density at radius 3 is 2.05 bits per heavy atom. The third-order valence-electron chi connectivity index (χ3n) is 7.30. The zero-order valence-electron chi connectivity index (χ0n) is 21.5. The number of benzene rings is 3. The van der Waals surface area contributed by atoms with E-state index in [1.54, 1.807) is 12.1 Å². The van der Waals surface area contributed by atoms with Crippen LogP contribution in [0.25, 0.3) is 0 Å². The SMILES string of the molecule is O=C(c1ccccc1)N1CC=CCN([C@@H]2C[C@H](COCc3ccccc3)[C@@H](OCc3ccccc3)C2)C1=O. The van der Waals surface area contributed by atoms with Crippen molar-refractivity contribution in [1.82, 2.24) is 9.80 Å². The van der Waals surface area contributed by atoms with Crippen molar-refractivity contribution in [3.05, 3.63) is 120 Å². The van der Waals surface area contributed by atoms with Crippen molar-refractivity contribution in [2.24, 2.45) is 5.92 Å². The predicted octanol–water partition coefficient (Wildman–Crippen LogP) is 5.70. The van der Waals surface area contributed by atoms with E-state index in [4.69, 9.17) is 9.47 Å². The van der Waals surface area contributed by atoms with E-state index in [0.29, 0.717) is 38.3 Å². The van der Waals surface area contributed by atoms with E-state index in [-0.39, 0.29) is 36.5 Å². The first-order chi connectivity index (χ1) is 18.7. The number of carbonyl (C=O) groups excluding carboxylic acids is 2. The minimum atomic E-state index is -0.273. The van der Waals surface area contributed by atoms with Crippen molar-refractivity contribution in [3.63, 3.8) is 0 Å². The van der Waals surface area contributed by atoms with Crippen LogP contribution in [0.4, 0.5) is 4.79 Å². The van der Waals surface area contributed by atoms with Crippen LogP contribution in [0.1, 0.15) is 34.3 Å². The van der Waals surface area contributed by atoms with Crippen molar-refractivity contribution in [3.8, 4) is 0 Å². The lowest BCUT2D eigenvalue weighted by atomic mass is 10.1. The molecule has 38 heavy (non-hydrogen) atoms. The van der Waals surface area contributed by atoms with E-state index in [1.165, 1.54) is 4.90 Å². The molecule has 0 radical (unpaired) electrons. The van der Waals surface area contributed by atoms with Crippen molar-refractivity contribution in [2.75, 3.05) is 19.7 Å². The molecule has 0 saturated heterocycles. The van der Waals surface area contributed by atoms with Gasteiger partial charge in [-0.1, -0.05) is 91.0 Å². The van der Waals surface area contributed by atoms with Gasteiger partial charge in [0.15, 0.2) is 0 Å². The Morgan fingerprint density at radius 2 is 1.37 bits per heavy atom. The highest BCUT2D eigenvalue weighted by atomic mass is 16.5. The molecule has 5 rings (SSSR count).